The minimum atomic E-state index is -4.12. The molecule has 8 nitrogen and oxygen atoms in total. The fourth-order valence-corrected chi connectivity index (χ4v) is 7.16. The second-order valence-electron chi connectivity index (χ2n) is 11.2. The Bertz CT molecular complexity index is 1500. The summed E-state index contributed by atoms with van der Waals surface area (Å²) in [6.45, 7) is 5.30. The van der Waals surface area contributed by atoms with E-state index in [1.54, 1.807) is 37.4 Å². The van der Waals surface area contributed by atoms with Gasteiger partial charge in [-0.3, -0.25) is 13.9 Å². The van der Waals surface area contributed by atoms with Crippen molar-refractivity contribution in [3.63, 3.8) is 0 Å². The molecule has 1 aliphatic carbocycles. The number of nitrogens with one attached hydrogen (secondary N) is 1. The van der Waals surface area contributed by atoms with Crippen molar-refractivity contribution in [1.29, 1.82) is 0 Å². The zero-order valence-electron chi connectivity index (χ0n) is 25.6. The number of carbonyl (C=O) groups is 2. The van der Waals surface area contributed by atoms with Gasteiger partial charge in [-0.2, -0.15) is 0 Å². The third-order valence-electron chi connectivity index (χ3n) is 8.28. The summed E-state index contributed by atoms with van der Waals surface area (Å²) in [5, 5.41) is 3.18. The van der Waals surface area contributed by atoms with Crippen LogP contribution in [0.3, 0.4) is 0 Å². The molecule has 0 unspecified atom stereocenters. The second-order valence-corrected chi connectivity index (χ2v) is 13.0. The van der Waals surface area contributed by atoms with Gasteiger partial charge in [0.05, 0.1) is 17.7 Å². The highest BCUT2D eigenvalue weighted by Gasteiger charge is 2.35. The highest BCUT2D eigenvalue weighted by Crippen LogP contribution is 2.29. The molecule has 43 heavy (non-hydrogen) atoms. The molecule has 1 aliphatic rings. The first-order valence-electron chi connectivity index (χ1n) is 15.0. The van der Waals surface area contributed by atoms with Crippen LogP contribution in [0.2, 0.25) is 0 Å². The van der Waals surface area contributed by atoms with Crippen molar-refractivity contribution in [1.82, 2.24) is 10.2 Å². The van der Waals surface area contributed by atoms with Crippen molar-refractivity contribution >= 4 is 27.5 Å². The molecular formula is C34H43N3O5S. The van der Waals surface area contributed by atoms with Crippen molar-refractivity contribution in [2.45, 2.75) is 82.8 Å². The highest BCUT2D eigenvalue weighted by molar-refractivity contribution is 7.92. The Kier molecular flexibility index (Phi) is 10.9. The second kappa shape index (κ2) is 14.6. The summed E-state index contributed by atoms with van der Waals surface area (Å²) in [6.07, 6.45) is 5.51. The number of hydrogen-bond acceptors (Lipinski definition) is 5. The van der Waals surface area contributed by atoms with Gasteiger partial charge in [-0.15, -0.1) is 0 Å². The fourth-order valence-electron chi connectivity index (χ4n) is 5.67. The standard InChI is InChI=1S/C34H43N3O5S/c1-5-31(34(39)35-28-16-8-6-9-17-28)36(23-27-15-13-18-29(22-27)42-4)33(38)24-37(32-21-12-14-25(2)26(32)3)43(40,41)30-19-10-7-11-20-30/h7,10-15,18-22,28,31H,5-6,8-9,16-17,23-24H2,1-4H3,(H,35,39)/t31-/m0/s1. The molecule has 1 saturated carbocycles. The molecule has 0 bridgehead atoms. The Morgan fingerprint density at radius 3 is 2.33 bits per heavy atom. The Morgan fingerprint density at radius 1 is 0.953 bits per heavy atom. The molecule has 230 valence electrons. The lowest BCUT2D eigenvalue weighted by Crippen LogP contribution is -2.54. The summed E-state index contributed by atoms with van der Waals surface area (Å²) in [7, 11) is -2.54. The van der Waals surface area contributed by atoms with Crippen LogP contribution in [-0.4, -0.2) is 50.9 Å². The number of methoxy groups -OCH3 is 1. The fraction of sp³-hybridized carbons (Fsp3) is 0.412. The number of rotatable bonds is 12. The number of hydrogen-bond donors (Lipinski definition) is 1. The molecule has 1 atom stereocenters. The number of carbonyl (C=O) groups excluding carboxylic acids is 2. The summed E-state index contributed by atoms with van der Waals surface area (Å²) in [6, 6.07) is 20.2. The number of nitrogens with zero attached hydrogens (tertiary/aromatic N) is 2. The molecule has 0 aliphatic heterocycles. The first kappa shape index (κ1) is 32.1. The van der Waals surface area contributed by atoms with Crippen LogP contribution in [0.25, 0.3) is 0 Å². The molecule has 3 aromatic rings. The number of aryl methyl sites for hydroxylation is 1. The zero-order chi connectivity index (χ0) is 31.0. The predicted octanol–water partition coefficient (Wildman–Crippen LogP) is 5.76. The maximum atomic E-state index is 14.4. The molecule has 0 radical (unpaired) electrons. The van der Waals surface area contributed by atoms with E-state index >= 15 is 0 Å². The van der Waals surface area contributed by atoms with Gasteiger partial charge in [-0.05, 0) is 80.1 Å². The van der Waals surface area contributed by atoms with Crippen LogP contribution < -0.4 is 14.4 Å². The van der Waals surface area contributed by atoms with Crippen molar-refractivity contribution in [2.75, 3.05) is 18.0 Å². The van der Waals surface area contributed by atoms with E-state index < -0.39 is 28.5 Å². The normalized spacial score (nSPS) is 14.5. The van der Waals surface area contributed by atoms with E-state index in [9.17, 15) is 18.0 Å². The lowest BCUT2D eigenvalue weighted by Gasteiger charge is -2.35. The van der Waals surface area contributed by atoms with Gasteiger partial charge in [0.15, 0.2) is 0 Å². The molecule has 0 aromatic heterocycles. The van der Waals surface area contributed by atoms with Gasteiger partial charge in [0, 0.05) is 12.6 Å². The van der Waals surface area contributed by atoms with Crippen LogP contribution in [0, 0.1) is 13.8 Å². The van der Waals surface area contributed by atoms with Gasteiger partial charge < -0.3 is 15.0 Å². The molecule has 2 amide bonds. The first-order chi connectivity index (χ1) is 20.6. The summed E-state index contributed by atoms with van der Waals surface area (Å²) in [5.41, 5.74) is 2.88. The minimum Gasteiger partial charge on any atom is -0.497 e. The molecule has 0 spiro atoms. The smallest absolute Gasteiger partial charge is 0.264 e. The first-order valence-corrected chi connectivity index (χ1v) is 16.5. The van der Waals surface area contributed by atoms with Crippen LogP contribution in [0.1, 0.15) is 62.1 Å². The minimum absolute atomic E-state index is 0.0778. The van der Waals surface area contributed by atoms with Gasteiger partial charge in [-0.25, -0.2) is 8.42 Å². The molecule has 4 rings (SSSR count). The maximum absolute atomic E-state index is 14.4. The monoisotopic (exact) mass is 605 g/mol. The summed E-state index contributed by atoms with van der Waals surface area (Å²) in [4.78, 5) is 29.7. The van der Waals surface area contributed by atoms with E-state index in [1.165, 1.54) is 21.3 Å². The molecule has 1 fully saturated rings. The Balaban J connectivity index is 1.74. The molecule has 0 saturated heterocycles. The predicted molar refractivity (Wildman–Crippen MR) is 170 cm³/mol. The van der Waals surface area contributed by atoms with E-state index in [1.807, 2.05) is 51.1 Å². The lowest BCUT2D eigenvalue weighted by molar-refractivity contribution is -0.140. The van der Waals surface area contributed by atoms with Crippen LogP contribution >= 0.6 is 0 Å². The van der Waals surface area contributed by atoms with Crippen LogP contribution in [-0.2, 0) is 26.2 Å². The highest BCUT2D eigenvalue weighted by atomic mass is 32.2. The number of sulfonamides is 1. The van der Waals surface area contributed by atoms with E-state index in [2.05, 4.69) is 5.32 Å². The molecular weight excluding hydrogens is 562 g/mol. The van der Waals surface area contributed by atoms with Crippen LogP contribution in [0.4, 0.5) is 5.69 Å². The molecule has 3 aromatic carbocycles. The maximum Gasteiger partial charge on any atom is 0.264 e. The van der Waals surface area contributed by atoms with Gasteiger partial charge in [0.25, 0.3) is 10.0 Å². The van der Waals surface area contributed by atoms with Gasteiger partial charge in [0.1, 0.15) is 18.3 Å². The number of ether oxygens (including phenoxy) is 1. The van der Waals surface area contributed by atoms with Crippen LogP contribution in [0.5, 0.6) is 5.75 Å². The summed E-state index contributed by atoms with van der Waals surface area (Å²) < 4.78 is 34.8. The van der Waals surface area contributed by atoms with Gasteiger partial charge >= 0.3 is 0 Å². The number of amides is 2. The number of benzene rings is 3. The van der Waals surface area contributed by atoms with Crippen molar-refractivity contribution < 1.29 is 22.7 Å². The molecule has 0 heterocycles. The molecule has 9 heteroatoms. The lowest BCUT2D eigenvalue weighted by atomic mass is 9.95. The topological polar surface area (TPSA) is 96.0 Å². The van der Waals surface area contributed by atoms with Gasteiger partial charge in [-0.1, -0.05) is 68.7 Å². The van der Waals surface area contributed by atoms with Gasteiger partial charge in [0.2, 0.25) is 11.8 Å². The quantitative estimate of drug-likeness (QED) is 0.283. The Morgan fingerprint density at radius 2 is 1.65 bits per heavy atom. The van der Waals surface area contributed by atoms with Crippen molar-refractivity contribution in [3.8, 4) is 5.75 Å². The van der Waals surface area contributed by atoms with E-state index in [0.29, 0.717) is 17.9 Å². The average molecular weight is 606 g/mol. The zero-order valence-corrected chi connectivity index (χ0v) is 26.4. The summed E-state index contributed by atoms with van der Waals surface area (Å²) in [5.74, 6) is -0.0444. The van der Waals surface area contributed by atoms with E-state index in [0.717, 1.165) is 48.8 Å². The average Bonchev–Trinajstić information content (AvgIpc) is 3.02. The van der Waals surface area contributed by atoms with Crippen molar-refractivity contribution in [3.05, 3.63) is 89.5 Å². The Hall–Kier alpha value is -3.85. The third-order valence-corrected chi connectivity index (χ3v) is 10.1. The largest absolute Gasteiger partial charge is 0.497 e. The SMILES string of the molecule is CC[C@@H](C(=O)NC1CCCCC1)N(Cc1cccc(OC)c1)C(=O)CN(c1cccc(C)c1C)S(=O)(=O)c1ccccc1. The summed E-state index contributed by atoms with van der Waals surface area (Å²) >= 11 is 0. The number of anilines is 1. The Labute approximate surface area is 256 Å². The third kappa shape index (κ3) is 7.76. The van der Waals surface area contributed by atoms with Crippen molar-refractivity contribution in [2.24, 2.45) is 0 Å². The van der Waals surface area contributed by atoms with E-state index in [4.69, 9.17) is 4.74 Å². The van der Waals surface area contributed by atoms with Crippen LogP contribution in [0.15, 0.2) is 77.7 Å². The molecule has 1 N–H and O–H groups in total. The van der Waals surface area contributed by atoms with E-state index in [-0.39, 0.29) is 23.4 Å².